The van der Waals surface area contributed by atoms with Gasteiger partial charge in [-0.3, -0.25) is 0 Å². The summed E-state index contributed by atoms with van der Waals surface area (Å²) in [5.74, 6) is 0.608. The summed E-state index contributed by atoms with van der Waals surface area (Å²) in [6.07, 6.45) is 0. The molecule has 0 saturated carbocycles. The van der Waals surface area contributed by atoms with Crippen LogP contribution in [0, 0.1) is 5.82 Å². The van der Waals surface area contributed by atoms with Crippen LogP contribution in [0.25, 0.3) is 0 Å². The summed E-state index contributed by atoms with van der Waals surface area (Å²) in [7, 11) is 3.47. The molecule has 0 aliphatic carbocycles. The van der Waals surface area contributed by atoms with Crippen LogP contribution in [0.3, 0.4) is 0 Å². The fraction of sp³-hybridized carbons (Fsp3) is 0.250. The van der Waals surface area contributed by atoms with Gasteiger partial charge in [0.1, 0.15) is 11.6 Å². The molecule has 0 saturated heterocycles. The van der Waals surface area contributed by atoms with E-state index in [1.165, 1.54) is 17.8 Å². The Morgan fingerprint density at radius 2 is 1.80 bits per heavy atom. The molecule has 20 heavy (non-hydrogen) atoms. The average molecular weight is 291 g/mol. The van der Waals surface area contributed by atoms with E-state index in [4.69, 9.17) is 4.74 Å². The van der Waals surface area contributed by atoms with E-state index in [1.807, 2.05) is 44.3 Å². The third-order valence-electron chi connectivity index (χ3n) is 3.17. The summed E-state index contributed by atoms with van der Waals surface area (Å²) >= 11 is 1.52. The number of halogens is 1. The van der Waals surface area contributed by atoms with Gasteiger partial charge in [-0.05, 0) is 38.2 Å². The molecule has 1 N–H and O–H groups in total. The highest BCUT2D eigenvalue weighted by Crippen LogP contribution is 2.38. The molecule has 0 aliphatic rings. The second-order valence-electron chi connectivity index (χ2n) is 4.41. The zero-order valence-corrected chi connectivity index (χ0v) is 12.6. The van der Waals surface area contributed by atoms with Crippen molar-refractivity contribution in [2.75, 3.05) is 14.2 Å². The maximum Gasteiger partial charge on any atom is 0.132 e. The Hall–Kier alpha value is -1.52. The Morgan fingerprint density at radius 1 is 1.10 bits per heavy atom. The molecule has 2 aromatic carbocycles. The van der Waals surface area contributed by atoms with Crippen molar-refractivity contribution in [1.82, 2.24) is 5.32 Å². The van der Waals surface area contributed by atoms with Crippen LogP contribution >= 0.6 is 11.8 Å². The number of nitrogens with one attached hydrogen (secondary N) is 1. The molecular weight excluding hydrogens is 273 g/mol. The van der Waals surface area contributed by atoms with Crippen molar-refractivity contribution in [3.05, 3.63) is 53.8 Å². The molecule has 1 unspecified atom stereocenters. The minimum Gasteiger partial charge on any atom is -0.496 e. The van der Waals surface area contributed by atoms with Crippen molar-refractivity contribution in [2.45, 2.75) is 22.8 Å². The fourth-order valence-corrected chi connectivity index (χ4v) is 3.16. The van der Waals surface area contributed by atoms with E-state index in [1.54, 1.807) is 13.2 Å². The highest BCUT2D eigenvalue weighted by Gasteiger charge is 2.16. The predicted molar refractivity (Wildman–Crippen MR) is 81.0 cm³/mol. The van der Waals surface area contributed by atoms with Gasteiger partial charge in [-0.15, -0.1) is 0 Å². The number of rotatable bonds is 5. The molecule has 0 spiro atoms. The Bertz CT molecular complexity index is 588. The number of hydrogen-bond acceptors (Lipinski definition) is 3. The second-order valence-corrected chi connectivity index (χ2v) is 5.50. The standard InChI is InChI=1S/C16H18FNOS/c1-11(18-2)16-12(17)7-6-10-15(16)20-14-9-5-4-8-13(14)19-3/h4-11,18H,1-3H3. The molecule has 2 rings (SSSR count). The normalized spacial score (nSPS) is 12.2. The van der Waals surface area contributed by atoms with Crippen LogP contribution in [-0.4, -0.2) is 14.2 Å². The monoisotopic (exact) mass is 291 g/mol. The summed E-state index contributed by atoms with van der Waals surface area (Å²) in [6, 6.07) is 12.9. The second kappa shape index (κ2) is 6.77. The van der Waals surface area contributed by atoms with Crippen molar-refractivity contribution in [2.24, 2.45) is 0 Å². The fourth-order valence-electron chi connectivity index (χ4n) is 1.99. The van der Waals surface area contributed by atoms with Gasteiger partial charge in [-0.25, -0.2) is 4.39 Å². The van der Waals surface area contributed by atoms with Crippen molar-refractivity contribution < 1.29 is 9.13 Å². The van der Waals surface area contributed by atoms with Gasteiger partial charge in [0, 0.05) is 16.5 Å². The largest absolute Gasteiger partial charge is 0.496 e. The molecule has 0 amide bonds. The van der Waals surface area contributed by atoms with E-state index in [0.717, 1.165) is 15.5 Å². The topological polar surface area (TPSA) is 21.3 Å². The van der Waals surface area contributed by atoms with Crippen LogP contribution in [0.4, 0.5) is 4.39 Å². The molecule has 0 bridgehead atoms. The van der Waals surface area contributed by atoms with Crippen LogP contribution in [0.1, 0.15) is 18.5 Å². The average Bonchev–Trinajstić information content (AvgIpc) is 2.47. The molecule has 0 aliphatic heterocycles. The lowest BCUT2D eigenvalue weighted by Crippen LogP contribution is -2.14. The maximum absolute atomic E-state index is 14.1. The zero-order valence-electron chi connectivity index (χ0n) is 11.8. The van der Waals surface area contributed by atoms with E-state index < -0.39 is 0 Å². The first kappa shape index (κ1) is 14.9. The van der Waals surface area contributed by atoms with Gasteiger partial charge in [0.25, 0.3) is 0 Å². The van der Waals surface area contributed by atoms with E-state index in [0.29, 0.717) is 5.56 Å². The predicted octanol–water partition coefficient (Wildman–Crippen LogP) is 4.27. The Morgan fingerprint density at radius 3 is 2.50 bits per heavy atom. The van der Waals surface area contributed by atoms with Crippen molar-refractivity contribution in [1.29, 1.82) is 0 Å². The Balaban J connectivity index is 2.41. The lowest BCUT2D eigenvalue weighted by Gasteiger charge is -2.17. The van der Waals surface area contributed by atoms with Gasteiger partial charge in [-0.2, -0.15) is 0 Å². The third-order valence-corrected chi connectivity index (χ3v) is 4.30. The smallest absolute Gasteiger partial charge is 0.132 e. The van der Waals surface area contributed by atoms with Crippen LogP contribution in [0.15, 0.2) is 52.3 Å². The van der Waals surface area contributed by atoms with Crippen LogP contribution < -0.4 is 10.1 Å². The summed E-state index contributed by atoms with van der Waals surface area (Å²) in [5, 5.41) is 3.09. The van der Waals surface area contributed by atoms with Gasteiger partial charge in [0.15, 0.2) is 0 Å². The number of benzene rings is 2. The summed E-state index contributed by atoms with van der Waals surface area (Å²) < 4.78 is 19.4. The van der Waals surface area contributed by atoms with E-state index in [-0.39, 0.29) is 11.9 Å². The first-order valence-corrected chi connectivity index (χ1v) is 7.25. The molecule has 0 heterocycles. The van der Waals surface area contributed by atoms with Crippen LogP contribution in [-0.2, 0) is 0 Å². The molecular formula is C16H18FNOS. The molecule has 106 valence electrons. The highest BCUT2D eigenvalue weighted by molar-refractivity contribution is 7.99. The zero-order chi connectivity index (χ0) is 14.5. The molecule has 4 heteroatoms. The van der Waals surface area contributed by atoms with E-state index >= 15 is 0 Å². The third kappa shape index (κ3) is 3.14. The lowest BCUT2D eigenvalue weighted by molar-refractivity contribution is 0.405. The molecule has 2 aromatic rings. The number of hydrogen-bond donors (Lipinski definition) is 1. The minimum atomic E-state index is -0.188. The van der Waals surface area contributed by atoms with E-state index in [2.05, 4.69) is 5.32 Å². The molecule has 0 aromatic heterocycles. The number of ether oxygens (including phenoxy) is 1. The van der Waals surface area contributed by atoms with Crippen LogP contribution in [0.2, 0.25) is 0 Å². The van der Waals surface area contributed by atoms with Gasteiger partial charge in [0.2, 0.25) is 0 Å². The minimum absolute atomic E-state index is 0.0478. The maximum atomic E-state index is 14.1. The first-order chi connectivity index (χ1) is 9.67. The van der Waals surface area contributed by atoms with Crippen molar-refractivity contribution >= 4 is 11.8 Å². The van der Waals surface area contributed by atoms with Crippen molar-refractivity contribution in [3.8, 4) is 5.75 Å². The summed E-state index contributed by atoms with van der Waals surface area (Å²) in [5.41, 5.74) is 0.686. The SMILES string of the molecule is CNC(C)c1c(F)cccc1Sc1ccccc1OC. The summed E-state index contributed by atoms with van der Waals surface area (Å²) in [4.78, 5) is 1.88. The highest BCUT2D eigenvalue weighted by atomic mass is 32.2. The van der Waals surface area contributed by atoms with Gasteiger partial charge >= 0.3 is 0 Å². The summed E-state index contributed by atoms with van der Waals surface area (Å²) in [6.45, 7) is 1.95. The van der Waals surface area contributed by atoms with Crippen molar-refractivity contribution in [3.63, 3.8) is 0 Å². The van der Waals surface area contributed by atoms with Gasteiger partial charge < -0.3 is 10.1 Å². The molecule has 0 radical (unpaired) electrons. The Labute approximate surface area is 123 Å². The first-order valence-electron chi connectivity index (χ1n) is 6.44. The van der Waals surface area contributed by atoms with E-state index in [9.17, 15) is 4.39 Å². The van der Waals surface area contributed by atoms with Crippen LogP contribution in [0.5, 0.6) is 5.75 Å². The molecule has 2 nitrogen and oxygen atoms in total. The quantitative estimate of drug-likeness (QED) is 0.889. The lowest BCUT2D eigenvalue weighted by atomic mass is 10.1. The molecule has 0 fully saturated rings. The number of para-hydroxylation sites is 1. The van der Waals surface area contributed by atoms with Gasteiger partial charge in [0.05, 0.1) is 12.0 Å². The molecule has 1 atom stereocenters. The number of methoxy groups -OCH3 is 1. The van der Waals surface area contributed by atoms with Gasteiger partial charge in [-0.1, -0.05) is 30.0 Å². The Kier molecular flexibility index (Phi) is 5.04.